The second-order valence-electron chi connectivity index (χ2n) is 6.77. The average Bonchev–Trinajstić information content (AvgIpc) is 2.69. The fourth-order valence-electron chi connectivity index (χ4n) is 3.70. The lowest BCUT2D eigenvalue weighted by molar-refractivity contribution is -0.122. The van der Waals surface area contributed by atoms with Crippen molar-refractivity contribution in [3.63, 3.8) is 0 Å². The van der Waals surface area contributed by atoms with E-state index in [1.807, 2.05) is 18.2 Å². The fourth-order valence-corrected chi connectivity index (χ4v) is 3.82. The van der Waals surface area contributed by atoms with E-state index in [4.69, 9.17) is 22.1 Å². The first-order chi connectivity index (χ1) is 13.1. The second kappa shape index (κ2) is 9.85. The summed E-state index contributed by atoms with van der Waals surface area (Å²) in [5.74, 6) is -0.220. The van der Waals surface area contributed by atoms with Crippen molar-refractivity contribution in [2.75, 3.05) is 39.4 Å². The minimum atomic E-state index is -0.435. The molecule has 1 amide bonds. The van der Waals surface area contributed by atoms with Crippen LogP contribution >= 0.6 is 11.6 Å². The Morgan fingerprint density at radius 1 is 1.19 bits per heavy atom. The van der Waals surface area contributed by atoms with E-state index in [9.17, 15) is 4.79 Å². The van der Waals surface area contributed by atoms with E-state index in [0.717, 1.165) is 31.2 Å². The first-order valence-electron chi connectivity index (χ1n) is 9.26. The normalized spacial score (nSPS) is 18.9. The molecule has 3 N–H and O–H groups in total. The number of nitrogens with zero attached hydrogens (tertiary/aromatic N) is 1. The van der Waals surface area contributed by atoms with E-state index in [-0.39, 0.29) is 18.6 Å². The SMILES string of the molecule is NC(=O)COCCN1CCNCC1C(c1ccccc1)c1ccc(Cl)cc1. The zero-order valence-electron chi connectivity index (χ0n) is 15.3. The summed E-state index contributed by atoms with van der Waals surface area (Å²) in [5.41, 5.74) is 7.67. The van der Waals surface area contributed by atoms with Crippen LogP contribution in [0.25, 0.3) is 0 Å². The molecule has 1 aliphatic rings. The second-order valence-corrected chi connectivity index (χ2v) is 7.20. The molecule has 1 saturated heterocycles. The number of hydrogen-bond donors (Lipinski definition) is 2. The van der Waals surface area contributed by atoms with Gasteiger partial charge in [-0.3, -0.25) is 9.69 Å². The molecule has 0 aliphatic carbocycles. The summed E-state index contributed by atoms with van der Waals surface area (Å²) in [6.45, 7) is 3.97. The van der Waals surface area contributed by atoms with Gasteiger partial charge in [-0.15, -0.1) is 0 Å². The molecular formula is C21H26ClN3O2. The van der Waals surface area contributed by atoms with Crippen molar-refractivity contribution in [3.8, 4) is 0 Å². The van der Waals surface area contributed by atoms with E-state index >= 15 is 0 Å². The van der Waals surface area contributed by atoms with E-state index in [1.165, 1.54) is 11.1 Å². The Balaban J connectivity index is 1.82. The molecule has 3 rings (SSSR count). The number of carbonyl (C=O) groups is 1. The molecule has 1 fully saturated rings. The number of benzene rings is 2. The van der Waals surface area contributed by atoms with Crippen LogP contribution in [0.4, 0.5) is 0 Å². The smallest absolute Gasteiger partial charge is 0.243 e. The molecule has 27 heavy (non-hydrogen) atoms. The van der Waals surface area contributed by atoms with Gasteiger partial charge in [0, 0.05) is 43.2 Å². The number of piperazine rings is 1. The molecule has 5 nitrogen and oxygen atoms in total. The average molecular weight is 388 g/mol. The highest BCUT2D eigenvalue weighted by Gasteiger charge is 2.31. The number of halogens is 1. The number of amides is 1. The van der Waals surface area contributed by atoms with Gasteiger partial charge in [0.2, 0.25) is 5.91 Å². The van der Waals surface area contributed by atoms with Crippen LogP contribution in [0.5, 0.6) is 0 Å². The molecule has 1 heterocycles. The topological polar surface area (TPSA) is 67.6 Å². The van der Waals surface area contributed by atoms with Gasteiger partial charge < -0.3 is 15.8 Å². The van der Waals surface area contributed by atoms with Crippen molar-refractivity contribution in [1.29, 1.82) is 0 Å². The maximum Gasteiger partial charge on any atom is 0.243 e. The number of ether oxygens (including phenoxy) is 1. The van der Waals surface area contributed by atoms with Crippen LogP contribution in [-0.4, -0.2) is 56.2 Å². The number of nitrogens with two attached hydrogens (primary N) is 1. The van der Waals surface area contributed by atoms with Crippen molar-refractivity contribution < 1.29 is 9.53 Å². The largest absolute Gasteiger partial charge is 0.370 e. The van der Waals surface area contributed by atoms with Gasteiger partial charge in [-0.25, -0.2) is 0 Å². The molecule has 0 radical (unpaired) electrons. The number of primary amides is 1. The van der Waals surface area contributed by atoms with E-state index in [1.54, 1.807) is 0 Å². The van der Waals surface area contributed by atoms with Gasteiger partial charge in [0.15, 0.2) is 0 Å². The summed E-state index contributed by atoms with van der Waals surface area (Å²) in [6, 6.07) is 18.9. The van der Waals surface area contributed by atoms with Gasteiger partial charge >= 0.3 is 0 Å². The lowest BCUT2D eigenvalue weighted by Gasteiger charge is -2.41. The van der Waals surface area contributed by atoms with Gasteiger partial charge in [0.1, 0.15) is 6.61 Å². The van der Waals surface area contributed by atoms with Crippen LogP contribution in [0.3, 0.4) is 0 Å². The Bertz CT molecular complexity index is 724. The van der Waals surface area contributed by atoms with Crippen LogP contribution in [-0.2, 0) is 9.53 Å². The van der Waals surface area contributed by atoms with Crippen LogP contribution < -0.4 is 11.1 Å². The molecule has 0 bridgehead atoms. The molecular weight excluding hydrogens is 362 g/mol. The van der Waals surface area contributed by atoms with Crippen molar-refractivity contribution >= 4 is 17.5 Å². The number of rotatable bonds is 8. The van der Waals surface area contributed by atoms with Crippen molar-refractivity contribution in [3.05, 3.63) is 70.7 Å². The minimum Gasteiger partial charge on any atom is -0.370 e. The molecule has 2 atom stereocenters. The number of nitrogens with one attached hydrogen (secondary N) is 1. The maximum absolute atomic E-state index is 10.9. The Morgan fingerprint density at radius 3 is 2.59 bits per heavy atom. The third kappa shape index (κ3) is 5.53. The van der Waals surface area contributed by atoms with Crippen molar-refractivity contribution in [2.24, 2.45) is 5.73 Å². The highest BCUT2D eigenvalue weighted by Crippen LogP contribution is 2.32. The standard InChI is InChI=1S/C21H26ClN3O2/c22-18-8-6-17(7-9-18)21(16-4-2-1-3-5-16)19-14-24-10-11-25(19)12-13-27-15-20(23)26/h1-9,19,21,24H,10-15H2,(H2,23,26). The molecule has 0 saturated carbocycles. The molecule has 1 aliphatic heterocycles. The summed E-state index contributed by atoms with van der Waals surface area (Å²) < 4.78 is 5.40. The highest BCUT2D eigenvalue weighted by molar-refractivity contribution is 6.30. The molecule has 6 heteroatoms. The molecule has 144 valence electrons. The van der Waals surface area contributed by atoms with Gasteiger partial charge in [0.25, 0.3) is 0 Å². The van der Waals surface area contributed by atoms with Gasteiger partial charge in [-0.05, 0) is 23.3 Å². The molecule has 0 aromatic heterocycles. The van der Waals surface area contributed by atoms with Crippen molar-refractivity contribution in [1.82, 2.24) is 10.2 Å². The summed E-state index contributed by atoms with van der Waals surface area (Å²) in [5, 5.41) is 4.26. The monoisotopic (exact) mass is 387 g/mol. The molecule has 2 unspecified atom stereocenters. The van der Waals surface area contributed by atoms with Gasteiger partial charge in [-0.2, -0.15) is 0 Å². The number of hydrogen-bond acceptors (Lipinski definition) is 4. The zero-order valence-corrected chi connectivity index (χ0v) is 16.1. The van der Waals surface area contributed by atoms with Crippen molar-refractivity contribution in [2.45, 2.75) is 12.0 Å². The first-order valence-corrected chi connectivity index (χ1v) is 9.64. The maximum atomic E-state index is 10.9. The Labute approximate surface area is 165 Å². The summed E-state index contributed by atoms with van der Waals surface area (Å²) >= 11 is 6.11. The third-order valence-electron chi connectivity index (χ3n) is 4.94. The zero-order chi connectivity index (χ0) is 19.1. The molecule has 2 aromatic rings. The van der Waals surface area contributed by atoms with Crippen LogP contribution in [0.1, 0.15) is 17.0 Å². The predicted molar refractivity (Wildman–Crippen MR) is 108 cm³/mol. The lowest BCUT2D eigenvalue weighted by atomic mass is 9.83. The molecule has 2 aromatic carbocycles. The van der Waals surface area contributed by atoms with Gasteiger partial charge in [-0.1, -0.05) is 54.1 Å². The summed E-state index contributed by atoms with van der Waals surface area (Å²) in [6.07, 6.45) is 0. The fraction of sp³-hybridized carbons (Fsp3) is 0.381. The van der Waals surface area contributed by atoms with Crippen LogP contribution in [0.15, 0.2) is 54.6 Å². The van der Waals surface area contributed by atoms with E-state index < -0.39 is 5.91 Å². The Hall–Kier alpha value is -1.92. The summed E-state index contributed by atoms with van der Waals surface area (Å²) in [4.78, 5) is 13.3. The third-order valence-corrected chi connectivity index (χ3v) is 5.19. The highest BCUT2D eigenvalue weighted by atomic mass is 35.5. The van der Waals surface area contributed by atoms with E-state index in [2.05, 4.69) is 46.6 Å². The minimum absolute atomic E-state index is 0.0317. The molecule has 0 spiro atoms. The van der Waals surface area contributed by atoms with Gasteiger partial charge in [0.05, 0.1) is 6.61 Å². The number of carbonyl (C=O) groups excluding carboxylic acids is 1. The van der Waals surface area contributed by atoms with Crippen LogP contribution in [0, 0.1) is 0 Å². The first kappa shape index (κ1) is 19.8. The Kier molecular flexibility index (Phi) is 7.24. The lowest BCUT2D eigenvalue weighted by Crippen LogP contribution is -2.54. The predicted octanol–water partition coefficient (Wildman–Crippen LogP) is 2.25. The Morgan fingerprint density at radius 2 is 1.89 bits per heavy atom. The van der Waals surface area contributed by atoms with Crippen LogP contribution in [0.2, 0.25) is 5.02 Å². The summed E-state index contributed by atoms with van der Waals surface area (Å²) in [7, 11) is 0. The van der Waals surface area contributed by atoms with E-state index in [0.29, 0.717) is 6.61 Å². The quantitative estimate of drug-likeness (QED) is 0.682.